The number of hydrogen-bond donors (Lipinski definition) is 2. The maximum Gasteiger partial charge on any atom is 0.353 e. The minimum Gasteiger partial charge on any atom is -0.497 e. The normalized spacial score (nSPS) is 17.3. The lowest BCUT2D eigenvalue weighted by molar-refractivity contribution is -0.129. The van der Waals surface area contributed by atoms with E-state index in [2.05, 4.69) is 10.5 Å². The second kappa shape index (κ2) is 5.38. The summed E-state index contributed by atoms with van der Waals surface area (Å²) < 4.78 is 4.99. The monoisotopic (exact) mass is 264 g/mol. The summed E-state index contributed by atoms with van der Waals surface area (Å²) in [7, 11) is 1.55. The van der Waals surface area contributed by atoms with Crippen LogP contribution in [0.2, 0.25) is 0 Å². The Balaban J connectivity index is 1.93. The molecule has 1 aliphatic heterocycles. The number of carboxylic acid groups (broad SMARTS) is 1. The molecule has 1 aromatic rings. The van der Waals surface area contributed by atoms with Gasteiger partial charge in [0.05, 0.1) is 7.11 Å². The SMILES string of the molecule is COc1ccc(NC(=O)C2CC(C(=O)O)=NO2)cc1. The number of ether oxygens (including phenoxy) is 1. The number of hydrogen-bond acceptors (Lipinski definition) is 5. The number of benzene rings is 1. The molecule has 100 valence electrons. The third-order valence-electron chi connectivity index (χ3n) is 2.57. The molecule has 1 aliphatic rings. The first-order chi connectivity index (χ1) is 9.10. The number of amides is 1. The van der Waals surface area contributed by atoms with E-state index in [0.717, 1.165) is 0 Å². The molecule has 0 saturated heterocycles. The number of carbonyl (C=O) groups is 2. The summed E-state index contributed by atoms with van der Waals surface area (Å²) >= 11 is 0. The van der Waals surface area contributed by atoms with Crippen LogP contribution in [0.15, 0.2) is 29.4 Å². The highest BCUT2D eigenvalue weighted by atomic mass is 16.6. The van der Waals surface area contributed by atoms with Crippen LogP contribution in [-0.4, -0.2) is 35.9 Å². The predicted octanol–water partition coefficient (Wildman–Crippen LogP) is 0.863. The van der Waals surface area contributed by atoms with Crippen molar-refractivity contribution in [3.8, 4) is 5.75 Å². The van der Waals surface area contributed by atoms with Gasteiger partial charge in [-0.05, 0) is 24.3 Å². The number of oxime groups is 1. The standard InChI is InChI=1S/C12H12N2O5/c1-18-8-4-2-7(3-5-8)13-11(15)10-6-9(12(16)17)14-19-10/h2-5,10H,6H2,1H3,(H,13,15)(H,16,17). The van der Waals surface area contributed by atoms with Gasteiger partial charge in [0.25, 0.3) is 5.91 Å². The van der Waals surface area contributed by atoms with E-state index in [4.69, 9.17) is 14.7 Å². The average molecular weight is 264 g/mol. The van der Waals surface area contributed by atoms with Crippen LogP contribution in [0, 0.1) is 0 Å². The fourth-order valence-corrected chi connectivity index (χ4v) is 1.54. The molecule has 7 nitrogen and oxygen atoms in total. The zero-order valence-electron chi connectivity index (χ0n) is 10.1. The average Bonchev–Trinajstić information content (AvgIpc) is 2.89. The van der Waals surface area contributed by atoms with Crippen molar-refractivity contribution < 1.29 is 24.3 Å². The van der Waals surface area contributed by atoms with E-state index in [1.165, 1.54) is 0 Å². The van der Waals surface area contributed by atoms with Crippen molar-refractivity contribution in [2.45, 2.75) is 12.5 Å². The van der Waals surface area contributed by atoms with Gasteiger partial charge in [-0.15, -0.1) is 0 Å². The van der Waals surface area contributed by atoms with Crippen molar-refractivity contribution in [2.75, 3.05) is 12.4 Å². The molecule has 1 aromatic carbocycles. The van der Waals surface area contributed by atoms with Crippen LogP contribution in [0.25, 0.3) is 0 Å². The third kappa shape index (κ3) is 3.01. The lowest BCUT2D eigenvalue weighted by atomic mass is 10.1. The lowest BCUT2D eigenvalue weighted by Gasteiger charge is -2.09. The lowest BCUT2D eigenvalue weighted by Crippen LogP contribution is -2.28. The molecule has 19 heavy (non-hydrogen) atoms. The molecule has 2 N–H and O–H groups in total. The number of methoxy groups -OCH3 is 1. The highest BCUT2D eigenvalue weighted by Gasteiger charge is 2.31. The first-order valence-electron chi connectivity index (χ1n) is 5.51. The maximum absolute atomic E-state index is 11.8. The summed E-state index contributed by atoms with van der Waals surface area (Å²) in [5.41, 5.74) is 0.410. The summed E-state index contributed by atoms with van der Waals surface area (Å²) in [5.74, 6) is -0.948. The molecule has 1 heterocycles. The Labute approximate surface area is 108 Å². The molecule has 1 amide bonds. The zero-order valence-corrected chi connectivity index (χ0v) is 10.1. The van der Waals surface area contributed by atoms with Crippen LogP contribution in [0.4, 0.5) is 5.69 Å². The second-order valence-corrected chi connectivity index (χ2v) is 3.86. The van der Waals surface area contributed by atoms with Crippen molar-refractivity contribution in [2.24, 2.45) is 5.16 Å². The topological polar surface area (TPSA) is 97.2 Å². The Kier molecular flexibility index (Phi) is 3.65. The first-order valence-corrected chi connectivity index (χ1v) is 5.51. The van der Waals surface area contributed by atoms with Gasteiger partial charge in [0.2, 0.25) is 6.10 Å². The van der Waals surface area contributed by atoms with Crippen molar-refractivity contribution in [3.63, 3.8) is 0 Å². The van der Waals surface area contributed by atoms with E-state index in [1.807, 2.05) is 0 Å². The van der Waals surface area contributed by atoms with E-state index in [0.29, 0.717) is 11.4 Å². The van der Waals surface area contributed by atoms with Crippen molar-refractivity contribution in [1.82, 2.24) is 0 Å². The number of anilines is 1. The van der Waals surface area contributed by atoms with Gasteiger partial charge < -0.3 is 20.0 Å². The van der Waals surface area contributed by atoms with E-state index < -0.39 is 18.0 Å². The van der Waals surface area contributed by atoms with Crippen LogP contribution in [0.1, 0.15) is 6.42 Å². The molecule has 1 atom stereocenters. The minimum absolute atomic E-state index is 0.0443. The molecule has 0 saturated carbocycles. The van der Waals surface area contributed by atoms with Gasteiger partial charge in [-0.2, -0.15) is 0 Å². The summed E-state index contributed by atoms with van der Waals surface area (Å²) in [5, 5.41) is 14.7. The molecular weight excluding hydrogens is 252 g/mol. The highest BCUT2D eigenvalue weighted by Crippen LogP contribution is 2.17. The molecule has 0 aromatic heterocycles. The summed E-state index contributed by atoms with van der Waals surface area (Å²) in [4.78, 5) is 27.2. The van der Waals surface area contributed by atoms with E-state index in [-0.39, 0.29) is 12.1 Å². The fraction of sp³-hybridized carbons (Fsp3) is 0.250. The Bertz CT molecular complexity index is 523. The van der Waals surface area contributed by atoms with E-state index in [1.54, 1.807) is 31.4 Å². The Hall–Kier alpha value is -2.57. The molecule has 2 rings (SSSR count). The molecule has 1 unspecified atom stereocenters. The molecule has 0 spiro atoms. The molecule has 0 radical (unpaired) electrons. The van der Waals surface area contributed by atoms with E-state index in [9.17, 15) is 9.59 Å². The van der Waals surface area contributed by atoms with Crippen LogP contribution in [0.3, 0.4) is 0 Å². The number of nitrogens with zero attached hydrogens (tertiary/aromatic N) is 1. The number of nitrogens with one attached hydrogen (secondary N) is 1. The highest BCUT2D eigenvalue weighted by molar-refractivity contribution is 6.36. The van der Waals surface area contributed by atoms with Crippen LogP contribution in [-0.2, 0) is 14.4 Å². The molecule has 0 bridgehead atoms. The van der Waals surface area contributed by atoms with Gasteiger partial charge in [-0.25, -0.2) is 4.79 Å². The van der Waals surface area contributed by atoms with Crippen LogP contribution < -0.4 is 10.1 Å². The molecule has 7 heteroatoms. The first kappa shape index (κ1) is 12.9. The zero-order chi connectivity index (χ0) is 13.8. The smallest absolute Gasteiger partial charge is 0.353 e. The number of carboxylic acids is 1. The van der Waals surface area contributed by atoms with Crippen molar-refractivity contribution in [3.05, 3.63) is 24.3 Å². The van der Waals surface area contributed by atoms with E-state index >= 15 is 0 Å². The fourth-order valence-electron chi connectivity index (χ4n) is 1.54. The minimum atomic E-state index is -1.18. The molecule has 0 fully saturated rings. The third-order valence-corrected chi connectivity index (χ3v) is 2.57. The van der Waals surface area contributed by atoms with Gasteiger partial charge >= 0.3 is 5.97 Å². The number of aliphatic carboxylic acids is 1. The predicted molar refractivity (Wildman–Crippen MR) is 66.2 cm³/mol. The number of carbonyl (C=O) groups excluding carboxylic acids is 1. The van der Waals surface area contributed by atoms with Crippen molar-refractivity contribution >= 4 is 23.3 Å². The van der Waals surface area contributed by atoms with Gasteiger partial charge in [-0.3, -0.25) is 4.79 Å². The second-order valence-electron chi connectivity index (χ2n) is 3.86. The number of rotatable bonds is 4. The Morgan fingerprint density at radius 3 is 2.63 bits per heavy atom. The van der Waals surface area contributed by atoms with Gasteiger partial charge in [0.1, 0.15) is 5.75 Å². The summed E-state index contributed by atoms with van der Waals surface area (Å²) in [6.07, 6.45) is -0.953. The van der Waals surface area contributed by atoms with Gasteiger partial charge in [0.15, 0.2) is 5.71 Å². The van der Waals surface area contributed by atoms with Crippen LogP contribution in [0.5, 0.6) is 5.75 Å². The maximum atomic E-state index is 11.8. The largest absolute Gasteiger partial charge is 0.497 e. The van der Waals surface area contributed by atoms with Gasteiger partial charge in [0, 0.05) is 12.1 Å². The Morgan fingerprint density at radius 2 is 2.11 bits per heavy atom. The molecular formula is C12H12N2O5. The quantitative estimate of drug-likeness (QED) is 0.840. The molecule has 0 aliphatic carbocycles. The summed E-state index contributed by atoms with van der Waals surface area (Å²) in [6, 6.07) is 6.74. The van der Waals surface area contributed by atoms with Crippen LogP contribution >= 0.6 is 0 Å². The Morgan fingerprint density at radius 1 is 1.42 bits per heavy atom. The van der Waals surface area contributed by atoms with Crippen molar-refractivity contribution in [1.29, 1.82) is 0 Å². The van der Waals surface area contributed by atoms with Gasteiger partial charge in [-0.1, -0.05) is 5.16 Å². The summed E-state index contributed by atoms with van der Waals surface area (Å²) in [6.45, 7) is 0.